The number of carboxylic acid groups (broad SMARTS) is 1. The normalized spacial score (nSPS) is 10.8. The van der Waals surface area contributed by atoms with Crippen LogP contribution in [-0.4, -0.2) is 28.0 Å². The maximum atomic E-state index is 13.2. The topological polar surface area (TPSA) is 64.4 Å². The van der Waals surface area contributed by atoms with Crippen molar-refractivity contribution >= 4 is 21.9 Å². The van der Waals surface area contributed by atoms with Gasteiger partial charge in [-0.05, 0) is 46.3 Å². The van der Waals surface area contributed by atoms with Crippen LogP contribution in [0.15, 0.2) is 53.0 Å². The minimum absolute atomic E-state index is 0.142. The molecule has 1 N–H and O–H groups in total. The highest BCUT2D eigenvalue weighted by atomic mass is 79.9. The Morgan fingerprint density at radius 3 is 2.56 bits per heavy atom. The van der Waals surface area contributed by atoms with Gasteiger partial charge in [0.15, 0.2) is 0 Å². The maximum absolute atomic E-state index is 13.2. The first-order chi connectivity index (χ1) is 12.0. The summed E-state index contributed by atoms with van der Waals surface area (Å²) in [5.74, 6) is -1.37. The number of methoxy groups -OCH3 is 1. The Morgan fingerprint density at radius 1 is 1.24 bits per heavy atom. The molecule has 0 aliphatic carbocycles. The van der Waals surface area contributed by atoms with Crippen LogP contribution in [0.1, 0.15) is 10.4 Å². The van der Waals surface area contributed by atoms with Gasteiger partial charge in [-0.3, -0.25) is 0 Å². The first-order valence-electron chi connectivity index (χ1n) is 7.36. The zero-order valence-electron chi connectivity index (χ0n) is 13.2. The Hall–Kier alpha value is -2.51. The first kappa shape index (κ1) is 17.3. The van der Waals surface area contributed by atoms with Crippen molar-refractivity contribution in [1.82, 2.24) is 9.78 Å². The molecule has 0 unspecified atom stereocenters. The summed E-state index contributed by atoms with van der Waals surface area (Å²) in [6, 6.07) is 12.6. The lowest BCUT2D eigenvalue weighted by molar-refractivity contribution is 0.0697. The van der Waals surface area contributed by atoms with Gasteiger partial charge in [0.2, 0.25) is 0 Å². The third kappa shape index (κ3) is 3.33. The fraction of sp³-hybridized carbons (Fsp3) is 0.111. The van der Waals surface area contributed by atoms with Crippen LogP contribution in [0, 0.1) is 5.82 Å². The Kier molecular flexibility index (Phi) is 4.96. The Balaban J connectivity index is 2.23. The third-order valence-electron chi connectivity index (χ3n) is 3.68. The van der Waals surface area contributed by atoms with E-state index < -0.39 is 5.97 Å². The van der Waals surface area contributed by atoms with E-state index in [9.17, 15) is 14.3 Å². The number of hydrogen-bond acceptors (Lipinski definition) is 3. The molecule has 5 nitrogen and oxygen atoms in total. The molecule has 0 spiro atoms. The average Bonchev–Trinajstić information content (AvgIpc) is 2.92. The summed E-state index contributed by atoms with van der Waals surface area (Å²) in [6.45, 7) is 0.142. The fourth-order valence-corrected chi connectivity index (χ4v) is 3.31. The second-order valence-electron chi connectivity index (χ2n) is 5.29. The molecule has 128 valence electrons. The fourth-order valence-electron chi connectivity index (χ4n) is 2.58. The van der Waals surface area contributed by atoms with E-state index in [1.54, 1.807) is 35.0 Å². The van der Waals surface area contributed by atoms with Crippen molar-refractivity contribution in [3.8, 4) is 22.5 Å². The van der Waals surface area contributed by atoms with Gasteiger partial charge in [-0.25, -0.2) is 13.9 Å². The number of ether oxygens (including phenoxy) is 1. The quantitative estimate of drug-likeness (QED) is 0.683. The molecule has 25 heavy (non-hydrogen) atoms. The average molecular weight is 405 g/mol. The highest BCUT2D eigenvalue weighted by molar-refractivity contribution is 9.10. The summed E-state index contributed by atoms with van der Waals surface area (Å²) in [6.07, 6.45) is 0. The standard InChI is InChI=1S/C18H14BrFN2O3/c1-25-10-22-17(13-4-2-3-5-14(13)18(23)24)15(19)16(21-22)11-6-8-12(20)9-7-11/h2-9H,10H2,1H3,(H,23,24). The summed E-state index contributed by atoms with van der Waals surface area (Å²) in [4.78, 5) is 11.6. The van der Waals surface area contributed by atoms with Crippen LogP contribution in [0.25, 0.3) is 22.5 Å². The van der Waals surface area contributed by atoms with Gasteiger partial charge in [0.1, 0.15) is 18.2 Å². The lowest BCUT2D eigenvalue weighted by Crippen LogP contribution is -2.07. The molecule has 3 aromatic rings. The van der Waals surface area contributed by atoms with Crippen molar-refractivity contribution in [2.75, 3.05) is 7.11 Å². The van der Waals surface area contributed by atoms with Crippen molar-refractivity contribution in [2.24, 2.45) is 0 Å². The summed E-state index contributed by atoms with van der Waals surface area (Å²) < 4.78 is 20.6. The number of aromatic carboxylic acids is 1. The van der Waals surface area contributed by atoms with Crippen LogP contribution in [0.5, 0.6) is 0 Å². The van der Waals surface area contributed by atoms with E-state index in [0.29, 0.717) is 27.0 Å². The molecule has 0 saturated carbocycles. The minimum atomic E-state index is -1.03. The molecule has 1 aromatic heterocycles. The molecular weight excluding hydrogens is 391 g/mol. The van der Waals surface area contributed by atoms with E-state index in [4.69, 9.17) is 4.74 Å². The van der Waals surface area contributed by atoms with E-state index in [2.05, 4.69) is 21.0 Å². The van der Waals surface area contributed by atoms with Crippen molar-refractivity contribution in [3.63, 3.8) is 0 Å². The van der Waals surface area contributed by atoms with E-state index in [0.717, 1.165) is 0 Å². The van der Waals surface area contributed by atoms with Crippen molar-refractivity contribution < 1.29 is 19.0 Å². The Morgan fingerprint density at radius 2 is 1.92 bits per heavy atom. The number of nitrogens with zero attached hydrogens (tertiary/aromatic N) is 2. The number of benzene rings is 2. The molecular formula is C18H14BrFN2O3. The van der Waals surface area contributed by atoms with E-state index in [1.807, 2.05) is 0 Å². The van der Waals surface area contributed by atoms with Gasteiger partial charge in [0, 0.05) is 18.2 Å². The highest BCUT2D eigenvalue weighted by Crippen LogP contribution is 2.38. The van der Waals surface area contributed by atoms with Gasteiger partial charge in [0.25, 0.3) is 0 Å². The number of aromatic nitrogens is 2. The Labute approximate surface area is 151 Å². The predicted octanol–water partition coefficient (Wildman–Crippen LogP) is 4.42. The molecule has 0 bridgehead atoms. The molecule has 7 heteroatoms. The Bertz CT molecular complexity index is 923. The number of halogens is 2. The second-order valence-corrected chi connectivity index (χ2v) is 6.08. The van der Waals surface area contributed by atoms with Crippen LogP contribution in [0.2, 0.25) is 0 Å². The van der Waals surface area contributed by atoms with E-state index in [-0.39, 0.29) is 18.1 Å². The third-order valence-corrected chi connectivity index (χ3v) is 4.43. The maximum Gasteiger partial charge on any atom is 0.336 e. The lowest BCUT2D eigenvalue weighted by atomic mass is 10.0. The van der Waals surface area contributed by atoms with Gasteiger partial charge in [-0.15, -0.1) is 0 Å². The number of hydrogen-bond donors (Lipinski definition) is 1. The molecule has 0 aliphatic heterocycles. The van der Waals surface area contributed by atoms with Gasteiger partial charge in [-0.1, -0.05) is 18.2 Å². The molecule has 1 heterocycles. The van der Waals surface area contributed by atoms with E-state index >= 15 is 0 Å². The predicted molar refractivity (Wildman–Crippen MR) is 94.7 cm³/mol. The van der Waals surface area contributed by atoms with Gasteiger partial charge >= 0.3 is 5.97 Å². The molecule has 3 rings (SSSR count). The van der Waals surface area contributed by atoms with Crippen LogP contribution in [-0.2, 0) is 11.5 Å². The summed E-state index contributed by atoms with van der Waals surface area (Å²) in [7, 11) is 1.53. The smallest absolute Gasteiger partial charge is 0.336 e. The highest BCUT2D eigenvalue weighted by Gasteiger charge is 2.22. The van der Waals surface area contributed by atoms with Crippen molar-refractivity contribution in [2.45, 2.75) is 6.73 Å². The van der Waals surface area contributed by atoms with Crippen LogP contribution in [0.3, 0.4) is 0 Å². The largest absolute Gasteiger partial charge is 0.478 e. The molecule has 0 radical (unpaired) electrons. The molecule has 0 fully saturated rings. The van der Waals surface area contributed by atoms with Crippen LogP contribution < -0.4 is 0 Å². The van der Waals surface area contributed by atoms with Gasteiger partial charge in [0.05, 0.1) is 15.7 Å². The zero-order valence-corrected chi connectivity index (χ0v) is 14.8. The second kappa shape index (κ2) is 7.16. The van der Waals surface area contributed by atoms with Gasteiger partial charge < -0.3 is 9.84 Å². The number of carboxylic acids is 1. The van der Waals surface area contributed by atoms with Crippen LogP contribution in [0.4, 0.5) is 4.39 Å². The molecule has 2 aromatic carbocycles. The SMILES string of the molecule is COCn1nc(-c2ccc(F)cc2)c(Br)c1-c1ccccc1C(=O)O. The molecule has 0 amide bonds. The van der Waals surface area contributed by atoms with Crippen molar-refractivity contribution in [1.29, 1.82) is 0 Å². The molecule has 0 atom stereocenters. The summed E-state index contributed by atoms with van der Waals surface area (Å²) >= 11 is 3.52. The summed E-state index contributed by atoms with van der Waals surface area (Å²) in [5.41, 5.74) is 2.54. The summed E-state index contributed by atoms with van der Waals surface area (Å²) in [5, 5.41) is 14.0. The minimum Gasteiger partial charge on any atom is -0.478 e. The molecule has 0 aliphatic rings. The van der Waals surface area contributed by atoms with Crippen molar-refractivity contribution in [3.05, 3.63) is 64.4 Å². The lowest BCUT2D eigenvalue weighted by Gasteiger charge is -2.09. The number of carbonyl (C=O) groups is 1. The van der Waals surface area contributed by atoms with E-state index in [1.165, 1.54) is 25.3 Å². The van der Waals surface area contributed by atoms with Gasteiger partial charge in [-0.2, -0.15) is 5.10 Å². The first-order valence-corrected chi connectivity index (χ1v) is 8.16. The molecule has 0 saturated heterocycles. The zero-order chi connectivity index (χ0) is 18.0. The monoisotopic (exact) mass is 404 g/mol. The van der Waals surface area contributed by atoms with Crippen LogP contribution >= 0.6 is 15.9 Å². The number of rotatable bonds is 5.